The summed E-state index contributed by atoms with van der Waals surface area (Å²) in [5, 5.41) is 0.250. The fourth-order valence-corrected chi connectivity index (χ4v) is 0. The van der Waals surface area contributed by atoms with Crippen molar-refractivity contribution in [3.63, 3.8) is 0 Å². The summed E-state index contributed by atoms with van der Waals surface area (Å²) in [5.74, 6) is 0. The summed E-state index contributed by atoms with van der Waals surface area (Å²) >= 11 is 5.04. The second-order valence-electron chi connectivity index (χ2n) is 1.26. The number of rotatable bonds is 2. The van der Waals surface area contributed by atoms with E-state index in [0.717, 1.165) is 0 Å². The molecule has 3 nitrogen and oxygen atoms in total. The Labute approximate surface area is 132 Å². The number of nitrogens with two attached hydrogens (primary N) is 2. The van der Waals surface area contributed by atoms with Gasteiger partial charge in [0.05, 0.1) is 5.21 Å². The molecule has 10 heteroatoms. The second kappa shape index (κ2) is 45.6. The molecule has 1 atom stereocenters. The van der Waals surface area contributed by atoms with Crippen LogP contribution in [-0.4, -0.2) is 28.8 Å². The van der Waals surface area contributed by atoms with E-state index in [0.29, 0.717) is 13.1 Å². The summed E-state index contributed by atoms with van der Waals surface area (Å²) in [5.41, 5.74) is 9.81. The van der Waals surface area contributed by atoms with Crippen LogP contribution in [0.4, 0.5) is 0 Å². The molecule has 0 aromatic rings. The largest absolute Gasteiger partial charge is 4.00 e. The summed E-state index contributed by atoms with van der Waals surface area (Å²) in [6, 6.07) is 0. The molecule has 96 valence electrons. The van der Waals surface area contributed by atoms with E-state index in [2.05, 4.69) is 0 Å². The summed E-state index contributed by atoms with van der Waals surface area (Å²) < 4.78 is 9.79. The molecule has 0 fully saturated rings. The maximum Gasteiger partial charge on any atom is 4.00 e. The fraction of sp³-hybridized carbons (Fsp3) is 1.00. The molecule has 0 aliphatic carbocycles. The molecule has 0 aliphatic heterocycles. The van der Waals surface area contributed by atoms with Gasteiger partial charge in [0.25, 0.3) is 0 Å². The molecule has 4 N–H and O–H groups in total. The van der Waals surface area contributed by atoms with Crippen molar-refractivity contribution in [1.29, 1.82) is 0 Å². The molecular formula is C4H13Cl5N2OPtS. The van der Waals surface area contributed by atoms with Crippen LogP contribution in [0.15, 0.2) is 0 Å². The normalized spacial score (nSPS) is 7.43. The Balaban J connectivity index is -0.0000000104. The van der Waals surface area contributed by atoms with Crippen LogP contribution in [0, 0.1) is 0 Å². The molecule has 0 heterocycles. The van der Waals surface area contributed by atoms with Crippen LogP contribution >= 0.6 is 11.6 Å². The minimum absolute atomic E-state index is 0. The van der Waals surface area contributed by atoms with E-state index >= 15 is 0 Å². The SMILES string of the molecule is CS(=O)CCl.NCCN.[Cl-].[Cl-].[Cl-].[Cl-].[Pt+4]. The van der Waals surface area contributed by atoms with E-state index in [1.165, 1.54) is 0 Å². The van der Waals surface area contributed by atoms with Crippen molar-refractivity contribution in [3.8, 4) is 0 Å². The van der Waals surface area contributed by atoms with Crippen LogP contribution < -0.4 is 61.1 Å². The average molecular weight is 510 g/mol. The zero-order valence-electron chi connectivity index (χ0n) is 7.30. The minimum Gasteiger partial charge on any atom is -1.00 e. The van der Waals surface area contributed by atoms with Gasteiger partial charge in [-0.1, -0.05) is 0 Å². The van der Waals surface area contributed by atoms with Gasteiger partial charge in [0.15, 0.2) is 0 Å². The van der Waals surface area contributed by atoms with Gasteiger partial charge >= 0.3 is 21.1 Å². The molecule has 0 aromatic carbocycles. The number of halogens is 5. The molecule has 0 spiro atoms. The Hall–Kier alpha value is 2.21. The van der Waals surface area contributed by atoms with Crippen LogP contribution in [0.2, 0.25) is 0 Å². The van der Waals surface area contributed by atoms with Gasteiger partial charge in [-0.05, 0) is 0 Å². The predicted octanol–water partition coefficient (Wildman–Crippen LogP) is -12.5. The van der Waals surface area contributed by atoms with Crippen LogP contribution in [0.25, 0.3) is 0 Å². The first kappa shape index (κ1) is 44.2. The summed E-state index contributed by atoms with van der Waals surface area (Å²) in [6.45, 7) is 1.19. The molecule has 0 amide bonds. The Morgan fingerprint density at radius 3 is 1.21 bits per heavy atom. The minimum atomic E-state index is -0.807. The molecule has 0 aromatic heterocycles. The first-order chi connectivity index (χ1) is 4.18. The topological polar surface area (TPSA) is 69.1 Å². The zero-order valence-corrected chi connectivity index (χ0v) is 14.2. The van der Waals surface area contributed by atoms with Crippen molar-refractivity contribution in [3.05, 3.63) is 0 Å². The molecule has 0 saturated carbocycles. The van der Waals surface area contributed by atoms with Crippen LogP contribution in [0.3, 0.4) is 0 Å². The van der Waals surface area contributed by atoms with Gasteiger partial charge in [0.1, 0.15) is 0 Å². The van der Waals surface area contributed by atoms with Gasteiger partial charge in [-0.3, -0.25) is 4.21 Å². The molecule has 0 bridgehead atoms. The molecule has 1 unspecified atom stereocenters. The van der Waals surface area contributed by atoms with E-state index in [1.54, 1.807) is 6.26 Å². The van der Waals surface area contributed by atoms with Gasteiger partial charge in [0.2, 0.25) is 0 Å². The van der Waals surface area contributed by atoms with Crippen molar-refractivity contribution >= 4 is 22.4 Å². The first-order valence-corrected chi connectivity index (χ1v) is 4.71. The summed E-state index contributed by atoms with van der Waals surface area (Å²) in [7, 11) is -0.807. The van der Waals surface area contributed by atoms with Gasteiger partial charge < -0.3 is 61.1 Å². The zero-order chi connectivity index (χ0) is 7.70. The number of alkyl halides is 1. The van der Waals surface area contributed by atoms with E-state index in [9.17, 15) is 4.21 Å². The molecular weight excluding hydrogens is 496 g/mol. The smallest absolute Gasteiger partial charge is 1.00 e. The number of hydrogen-bond donors (Lipinski definition) is 2. The Bertz CT molecular complexity index is 82.8. The number of hydrogen-bond acceptors (Lipinski definition) is 3. The Morgan fingerprint density at radius 1 is 1.07 bits per heavy atom. The van der Waals surface area contributed by atoms with Crippen LogP contribution in [0.1, 0.15) is 0 Å². The average Bonchev–Trinajstić information content (AvgIpc) is 1.89. The van der Waals surface area contributed by atoms with Crippen molar-refractivity contribution in [2.75, 3.05) is 24.6 Å². The standard InChI is InChI=1S/C2H5ClOS.C2H8N2.4ClH.Pt/c1-5(4)2-3;3-1-2-4;;;;;/h2H2,1H3;1-4H2;4*1H;/q;;;;;;+4/p-4. The van der Waals surface area contributed by atoms with E-state index < -0.39 is 10.8 Å². The predicted molar refractivity (Wildman–Crippen MR) is 42.9 cm³/mol. The van der Waals surface area contributed by atoms with Gasteiger partial charge in [0, 0.05) is 30.1 Å². The molecule has 0 radical (unpaired) electrons. The molecule has 0 aliphatic rings. The van der Waals surface area contributed by atoms with Crippen molar-refractivity contribution in [2.45, 2.75) is 0 Å². The van der Waals surface area contributed by atoms with Crippen molar-refractivity contribution < 1.29 is 74.9 Å². The molecule has 14 heavy (non-hydrogen) atoms. The summed E-state index contributed by atoms with van der Waals surface area (Å²) in [6.07, 6.45) is 1.56. The third-order valence-electron chi connectivity index (χ3n) is 0.320. The van der Waals surface area contributed by atoms with Gasteiger partial charge in [-0.25, -0.2) is 0 Å². The maximum absolute atomic E-state index is 9.79. The van der Waals surface area contributed by atoms with E-state index in [-0.39, 0.29) is 75.9 Å². The van der Waals surface area contributed by atoms with Crippen LogP contribution in [0.5, 0.6) is 0 Å². The van der Waals surface area contributed by atoms with Gasteiger partial charge in [-0.15, -0.1) is 11.6 Å². The fourth-order valence-electron chi connectivity index (χ4n) is 0. The quantitative estimate of drug-likeness (QED) is 0.364. The molecule has 0 saturated heterocycles. The van der Waals surface area contributed by atoms with Crippen LogP contribution in [-0.2, 0) is 31.9 Å². The van der Waals surface area contributed by atoms with E-state index in [1.807, 2.05) is 0 Å². The second-order valence-corrected chi connectivity index (χ2v) is 3.28. The Kier molecular flexibility index (Phi) is 144. The van der Waals surface area contributed by atoms with Gasteiger partial charge in [-0.2, -0.15) is 0 Å². The summed E-state index contributed by atoms with van der Waals surface area (Å²) in [4.78, 5) is 0. The van der Waals surface area contributed by atoms with E-state index in [4.69, 9.17) is 23.1 Å². The molecule has 0 rings (SSSR count). The Morgan fingerprint density at radius 2 is 1.21 bits per heavy atom. The third-order valence-corrected chi connectivity index (χ3v) is 1.55. The van der Waals surface area contributed by atoms with Crippen molar-refractivity contribution in [1.82, 2.24) is 0 Å². The van der Waals surface area contributed by atoms with Crippen molar-refractivity contribution in [2.24, 2.45) is 11.5 Å². The monoisotopic (exact) mass is 507 g/mol. The third kappa shape index (κ3) is 91.4. The maximum atomic E-state index is 9.79. The first-order valence-electron chi connectivity index (χ1n) is 2.45.